The van der Waals surface area contributed by atoms with Gasteiger partial charge in [-0.25, -0.2) is 0 Å². The third kappa shape index (κ3) is 2.97. The number of nitrogens with one attached hydrogen (secondary N) is 1. The van der Waals surface area contributed by atoms with Crippen molar-refractivity contribution in [1.29, 1.82) is 0 Å². The summed E-state index contributed by atoms with van der Waals surface area (Å²) in [5, 5.41) is 3.33. The Morgan fingerprint density at radius 2 is 2.18 bits per heavy atom. The fourth-order valence-corrected chi connectivity index (χ4v) is 2.19. The molecule has 0 aliphatic carbocycles. The second kappa shape index (κ2) is 5.80. The summed E-state index contributed by atoms with van der Waals surface area (Å²) in [6.45, 7) is 7.02. The molecule has 17 heavy (non-hydrogen) atoms. The molecular weight excluding hydrogens is 220 g/mol. The number of hydrogen-bond donors (Lipinski definition) is 1. The highest BCUT2D eigenvalue weighted by Crippen LogP contribution is 2.23. The lowest BCUT2D eigenvalue weighted by atomic mass is 9.99. The molecule has 5 heteroatoms. The minimum absolute atomic E-state index is 0.0435. The SMILES string of the molecule is CCC1(C)NC(C)N(CC(COC)OC)C1=O. The molecule has 1 aliphatic heterocycles. The predicted molar refractivity (Wildman–Crippen MR) is 65.7 cm³/mol. The Balaban J connectivity index is 2.68. The topological polar surface area (TPSA) is 50.8 Å². The van der Waals surface area contributed by atoms with Crippen LogP contribution >= 0.6 is 0 Å². The van der Waals surface area contributed by atoms with Crippen molar-refractivity contribution in [2.24, 2.45) is 0 Å². The standard InChI is InChI=1S/C12H24N2O3/c1-6-12(3)11(15)14(9(2)13-12)7-10(17-5)8-16-4/h9-10,13H,6-8H2,1-5H3. The van der Waals surface area contributed by atoms with Gasteiger partial charge in [-0.15, -0.1) is 0 Å². The molecule has 1 aliphatic rings. The molecule has 0 radical (unpaired) electrons. The van der Waals surface area contributed by atoms with Crippen molar-refractivity contribution in [3.05, 3.63) is 0 Å². The molecule has 5 nitrogen and oxygen atoms in total. The molecule has 1 rings (SSSR count). The van der Waals surface area contributed by atoms with E-state index in [1.165, 1.54) is 0 Å². The average molecular weight is 244 g/mol. The van der Waals surface area contributed by atoms with Crippen LogP contribution in [0.5, 0.6) is 0 Å². The third-order valence-corrected chi connectivity index (χ3v) is 3.52. The Morgan fingerprint density at radius 1 is 1.53 bits per heavy atom. The van der Waals surface area contributed by atoms with E-state index < -0.39 is 5.54 Å². The number of carbonyl (C=O) groups is 1. The maximum atomic E-state index is 12.3. The molecule has 1 heterocycles. The van der Waals surface area contributed by atoms with E-state index in [-0.39, 0.29) is 18.2 Å². The third-order valence-electron chi connectivity index (χ3n) is 3.52. The Kier molecular flexibility index (Phi) is 4.91. The Labute approximate surface area is 103 Å². The Bertz CT molecular complexity index is 272. The van der Waals surface area contributed by atoms with Crippen LogP contribution in [0.1, 0.15) is 27.2 Å². The van der Waals surface area contributed by atoms with Crippen molar-refractivity contribution in [2.75, 3.05) is 27.4 Å². The fourth-order valence-electron chi connectivity index (χ4n) is 2.19. The van der Waals surface area contributed by atoms with Crippen molar-refractivity contribution < 1.29 is 14.3 Å². The lowest BCUT2D eigenvalue weighted by Gasteiger charge is -2.26. The van der Waals surface area contributed by atoms with E-state index >= 15 is 0 Å². The Hall–Kier alpha value is -0.650. The van der Waals surface area contributed by atoms with Gasteiger partial charge in [-0.1, -0.05) is 6.92 Å². The maximum absolute atomic E-state index is 12.3. The van der Waals surface area contributed by atoms with Gasteiger partial charge in [0.15, 0.2) is 0 Å². The number of methoxy groups -OCH3 is 2. The van der Waals surface area contributed by atoms with Gasteiger partial charge in [0.05, 0.1) is 31.0 Å². The smallest absolute Gasteiger partial charge is 0.243 e. The van der Waals surface area contributed by atoms with Crippen LogP contribution in [0.15, 0.2) is 0 Å². The molecular formula is C12H24N2O3. The number of nitrogens with zero attached hydrogens (tertiary/aromatic N) is 1. The molecule has 0 aromatic rings. The summed E-state index contributed by atoms with van der Waals surface area (Å²) >= 11 is 0. The van der Waals surface area contributed by atoms with Crippen molar-refractivity contribution in [2.45, 2.75) is 45.0 Å². The van der Waals surface area contributed by atoms with Crippen molar-refractivity contribution >= 4 is 5.91 Å². The highest BCUT2D eigenvalue weighted by Gasteiger charge is 2.45. The molecule has 100 valence electrons. The first kappa shape index (κ1) is 14.4. The van der Waals surface area contributed by atoms with Crippen LogP contribution in [0.2, 0.25) is 0 Å². The summed E-state index contributed by atoms with van der Waals surface area (Å²) in [5.74, 6) is 0.144. The van der Waals surface area contributed by atoms with Crippen LogP contribution in [0.4, 0.5) is 0 Å². The lowest BCUT2D eigenvalue weighted by molar-refractivity contribution is -0.134. The highest BCUT2D eigenvalue weighted by atomic mass is 16.5. The van der Waals surface area contributed by atoms with Gasteiger partial charge in [-0.2, -0.15) is 0 Å². The van der Waals surface area contributed by atoms with E-state index in [0.717, 1.165) is 6.42 Å². The monoisotopic (exact) mass is 244 g/mol. The van der Waals surface area contributed by atoms with E-state index in [4.69, 9.17) is 9.47 Å². The van der Waals surface area contributed by atoms with Crippen molar-refractivity contribution in [1.82, 2.24) is 10.2 Å². The van der Waals surface area contributed by atoms with Crippen LogP contribution in [0.3, 0.4) is 0 Å². The van der Waals surface area contributed by atoms with Crippen LogP contribution in [-0.4, -0.2) is 56.0 Å². The summed E-state index contributed by atoms with van der Waals surface area (Å²) in [7, 11) is 3.27. The molecule has 0 aromatic heterocycles. The van der Waals surface area contributed by atoms with E-state index in [0.29, 0.717) is 13.2 Å². The molecule has 3 unspecified atom stereocenters. The number of hydrogen-bond acceptors (Lipinski definition) is 4. The van der Waals surface area contributed by atoms with Crippen LogP contribution in [0.25, 0.3) is 0 Å². The summed E-state index contributed by atoms with van der Waals surface area (Å²) in [5.41, 5.74) is -0.440. The molecule has 0 aromatic carbocycles. The van der Waals surface area contributed by atoms with Gasteiger partial charge in [0.1, 0.15) is 0 Å². The van der Waals surface area contributed by atoms with Gasteiger partial charge in [-0.05, 0) is 20.3 Å². The van der Waals surface area contributed by atoms with E-state index in [1.807, 2.05) is 25.7 Å². The summed E-state index contributed by atoms with van der Waals surface area (Å²) in [6.07, 6.45) is 0.753. The number of ether oxygens (including phenoxy) is 2. The van der Waals surface area contributed by atoms with Crippen LogP contribution in [0, 0.1) is 0 Å². The first-order valence-electron chi connectivity index (χ1n) is 6.09. The summed E-state index contributed by atoms with van der Waals surface area (Å²) in [6, 6.07) is 0. The number of amides is 1. The van der Waals surface area contributed by atoms with Gasteiger partial charge in [0.25, 0.3) is 0 Å². The molecule has 0 saturated carbocycles. The second-order valence-electron chi connectivity index (χ2n) is 4.78. The molecule has 1 N–H and O–H groups in total. The van der Waals surface area contributed by atoms with Crippen LogP contribution < -0.4 is 5.32 Å². The molecule has 1 amide bonds. The van der Waals surface area contributed by atoms with Crippen LogP contribution in [-0.2, 0) is 14.3 Å². The first-order chi connectivity index (χ1) is 7.98. The molecule has 0 bridgehead atoms. The maximum Gasteiger partial charge on any atom is 0.243 e. The minimum atomic E-state index is -0.440. The molecule has 0 spiro atoms. The summed E-state index contributed by atoms with van der Waals surface area (Å²) < 4.78 is 10.4. The van der Waals surface area contributed by atoms with Crippen molar-refractivity contribution in [3.63, 3.8) is 0 Å². The molecule has 1 fully saturated rings. The highest BCUT2D eigenvalue weighted by molar-refractivity contribution is 5.88. The van der Waals surface area contributed by atoms with E-state index in [1.54, 1.807) is 14.2 Å². The molecule has 3 atom stereocenters. The zero-order valence-electron chi connectivity index (χ0n) is 11.4. The van der Waals surface area contributed by atoms with Crippen molar-refractivity contribution in [3.8, 4) is 0 Å². The predicted octanol–water partition coefficient (Wildman–Crippen LogP) is 0.594. The Morgan fingerprint density at radius 3 is 2.59 bits per heavy atom. The van der Waals surface area contributed by atoms with Gasteiger partial charge in [0, 0.05) is 14.2 Å². The van der Waals surface area contributed by atoms with Gasteiger partial charge < -0.3 is 14.4 Å². The lowest BCUT2D eigenvalue weighted by Crippen LogP contribution is -2.44. The number of carbonyl (C=O) groups excluding carboxylic acids is 1. The zero-order chi connectivity index (χ0) is 13.1. The van der Waals surface area contributed by atoms with Gasteiger partial charge in [0.2, 0.25) is 5.91 Å². The van der Waals surface area contributed by atoms with Gasteiger partial charge >= 0.3 is 0 Å². The van der Waals surface area contributed by atoms with Gasteiger partial charge in [-0.3, -0.25) is 10.1 Å². The first-order valence-corrected chi connectivity index (χ1v) is 6.09. The number of rotatable bonds is 6. The summed E-state index contributed by atoms with van der Waals surface area (Å²) in [4.78, 5) is 14.1. The van der Waals surface area contributed by atoms with E-state index in [2.05, 4.69) is 5.32 Å². The quantitative estimate of drug-likeness (QED) is 0.743. The normalized spacial score (nSPS) is 31.0. The fraction of sp³-hybridized carbons (Fsp3) is 0.917. The second-order valence-corrected chi connectivity index (χ2v) is 4.78. The molecule has 1 saturated heterocycles. The average Bonchev–Trinajstić information content (AvgIpc) is 2.52. The van der Waals surface area contributed by atoms with E-state index in [9.17, 15) is 4.79 Å². The largest absolute Gasteiger partial charge is 0.382 e. The zero-order valence-corrected chi connectivity index (χ0v) is 11.4. The minimum Gasteiger partial charge on any atom is -0.382 e.